The van der Waals surface area contributed by atoms with Crippen molar-refractivity contribution in [1.29, 1.82) is 0 Å². The average molecular weight is 586 g/mol. The quantitative estimate of drug-likeness (QED) is 0.244. The highest BCUT2D eigenvalue weighted by molar-refractivity contribution is 7.89. The Labute approximate surface area is 236 Å². The van der Waals surface area contributed by atoms with E-state index in [-0.39, 0.29) is 30.3 Å². The van der Waals surface area contributed by atoms with Crippen molar-refractivity contribution >= 4 is 27.5 Å². The first kappa shape index (κ1) is 29.8. The second-order valence-electron chi connectivity index (χ2n) is 10.1. The molecule has 14 heteroatoms. The minimum absolute atomic E-state index is 0.0941. The van der Waals surface area contributed by atoms with Gasteiger partial charge in [0.25, 0.3) is 11.8 Å². The van der Waals surface area contributed by atoms with E-state index < -0.39 is 38.6 Å². The van der Waals surface area contributed by atoms with Gasteiger partial charge in [0.05, 0.1) is 36.3 Å². The zero-order valence-corrected chi connectivity index (χ0v) is 23.9. The van der Waals surface area contributed by atoms with E-state index in [1.807, 2.05) is 13.8 Å². The zero-order valence-electron chi connectivity index (χ0n) is 23.1. The summed E-state index contributed by atoms with van der Waals surface area (Å²) in [6, 6.07) is 6.50. The van der Waals surface area contributed by atoms with Gasteiger partial charge in [0.15, 0.2) is 0 Å². The molecule has 0 spiro atoms. The third-order valence-corrected chi connectivity index (χ3v) is 8.20. The van der Waals surface area contributed by atoms with Crippen molar-refractivity contribution in [3.05, 3.63) is 77.8 Å². The van der Waals surface area contributed by atoms with Crippen LogP contribution in [0.3, 0.4) is 0 Å². The number of benzene rings is 1. The molecule has 218 valence electrons. The minimum atomic E-state index is -3.93. The largest absolute Gasteiger partial charge is 0.394 e. The summed E-state index contributed by atoms with van der Waals surface area (Å²) in [5.41, 5.74) is 1.69. The first-order valence-corrected chi connectivity index (χ1v) is 14.3. The number of aromatic nitrogens is 4. The Morgan fingerprint density at radius 1 is 1.15 bits per heavy atom. The number of rotatable bonds is 11. The number of nitrogens with zero attached hydrogens (tertiary/aromatic N) is 5. The van der Waals surface area contributed by atoms with Crippen molar-refractivity contribution in [2.24, 2.45) is 5.92 Å². The Kier molecular flexibility index (Phi) is 8.85. The van der Waals surface area contributed by atoms with E-state index in [4.69, 9.17) is 0 Å². The number of halogens is 1. The number of carbonyl (C=O) groups is 2. The Morgan fingerprint density at radius 2 is 1.90 bits per heavy atom. The van der Waals surface area contributed by atoms with Gasteiger partial charge in [0, 0.05) is 44.7 Å². The van der Waals surface area contributed by atoms with Gasteiger partial charge in [-0.2, -0.15) is 5.10 Å². The number of aliphatic hydroxyl groups is 1. The van der Waals surface area contributed by atoms with Gasteiger partial charge >= 0.3 is 0 Å². The number of hydrogen-bond donors (Lipinski definition) is 3. The fourth-order valence-electron chi connectivity index (χ4n) is 4.27. The number of aliphatic hydroxyl groups excluding tert-OH is 1. The van der Waals surface area contributed by atoms with Crippen LogP contribution in [0, 0.1) is 11.7 Å². The predicted octanol–water partition coefficient (Wildman–Crippen LogP) is 1.98. The summed E-state index contributed by atoms with van der Waals surface area (Å²) in [6.07, 6.45) is 6.70. The summed E-state index contributed by atoms with van der Waals surface area (Å²) in [5, 5.41) is 19.4. The molecule has 0 aliphatic carbocycles. The lowest BCUT2D eigenvalue weighted by atomic mass is 10.0. The van der Waals surface area contributed by atoms with Crippen molar-refractivity contribution < 1.29 is 27.5 Å². The Bertz CT molecular complexity index is 1680. The molecule has 2 amide bonds. The summed E-state index contributed by atoms with van der Waals surface area (Å²) in [7, 11) is -1.29. The zero-order chi connectivity index (χ0) is 29.9. The van der Waals surface area contributed by atoms with Crippen LogP contribution < -0.4 is 10.6 Å². The lowest BCUT2D eigenvalue weighted by molar-refractivity contribution is 0.0900. The fraction of sp³-hybridized carbons (Fsp3) is 0.333. The summed E-state index contributed by atoms with van der Waals surface area (Å²) in [4.78, 5) is 29.7. The summed E-state index contributed by atoms with van der Waals surface area (Å²) in [6.45, 7) is 3.90. The molecule has 4 aromatic rings. The van der Waals surface area contributed by atoms with E-state index in [1.165, 1.54) is 47.7 Å². The molecule has 0 fully saturated rings. The third-order valence-electron chi connectivity index (χ3n) is 6.35. The number of pyridine rings is 1. The number of carbonyl (C=O) groups excluding carboxylic acids is 2. The van der Waals surface area contributed by atoms with Crippen LogP contribution in [-0.2, 0) is 16.6 Å². The van der Waals surface area contributed by atoms with Crippen LogP contribution in [-0.4, -0.2) is 75.6 Å². The molecule has 1 atom stereocenters. The van der Waals surface area contributed by atoms with Crippen molar-refractivity contribution in [3.63, 3.8) is 0 Å². The van der Waals surface area contributed by atoms with E-state index in [0.29, 0.717) is 23.3 Å². The molecule has 41 heavy (non-hydrogen) atoms. The predicted molar refractivity (Wildman–Crippen MR) is 149 cm³/mol. The van der Waals surface area contributed by atoms with E-state index in [9.17, 15) is 27.5 Å². The van der Waals surface area contributed by atoms with Crippen LogP contribution in [0.5, 0.6) is 0 Å². The van der Waals surface area contributed by atoms with Crippen molar-refractivity contribution in [2.45, 2.75) is 37.8 Å². The molecule has 0 radical (unpaired) electrons. The topological polar surface area (TPSA) is 151 Å². The van der Waals surface area contributed by atoms with Gasteiger partial charge in [-0.25, -0.2) is 26.8 Å². The highest BCUT2D eigenvalue weighted by Crippen LogP contribution is 2.21. The second-order valence-corrected chi connectivity index (χ2v) is 12.2. The molecule has 3 N–H and O–H groups in total. The lowest BCUT2D eigenvalue weighted by Crippen LogP contribution is -2.38. The maximum Gasteiger partial charge on any atom is 0.270 e. The van der Waals surface area contributed by atoms with E-state index >= 15 is 0 Å². The van der Waals surface area contributed by atoms with Crippen LogP contribution in [0.25, 0.3) is 11.3 Å². The highest BCUT2D eigenvalue weighted by atomic mass is 32.2. The number of fused-ring (bicyclic) bond motifs is 1. The smallest absolute Gasteiger partial charge is 0.270 e. The number of imidazole rings is 1. The highest BCUT2D eigenvalue weighted by Gasteiger charge is 2.23. The Morgan fingerprint density at radius 3 is 2.56 bits per heavy atom. The molecule has 0 unspecified atom stereocenters. The first-order valence-electron chi connectivity index (χ1n) is 12.8. The lowest BCUT2D eigenvalue weighted by Gasteiger charge is -2.18. The van der Waals surface area contributed by atoms with Crippen LogP contribution >= 0.6 is 0 Å². The summed E-state index contributed by atoms with van der Waals surface area (Å²) < 4.78 is 42.9. The van der Waals surface area contributed by atoms with Crippen molar-refractivity contribution in [3.8, 4) is 5.69 Å². The molecule has 3 aromatic heterocycles. The van der Waals surface area contributed by atoms with Crippen LogP contribution in [0.15, 0.2) is 60.0 Å². The van der Waals surface area contributed by atoms with E-state index in [0.717, 1.165) is 10.4 Å². The van der Waals surface area contributed by atoms with Gasteiger partial charge in [0.2, 0.25) is 10.0 Å². The third kappa shape index (κ3) is 6.45. The molecule has 0 aliphatic heterocycles. The SMILES string of the molecule is CC(C)C[C@@H](CO)NC(=O)c1cnc2c(C(=O)NCc3cnn(-c4ccc(S(=O)(=O)N(C)C)c(F)c4)c3)cccn12. The maximum absolute atomic E-state index is 14.6. The first-order chi connectivity index (χ1) is 19.4. The normalized spacial score (nSPS) is 12.7. The summed E-state index contributed by atoms with van der Waals surface area (Å²) in [5.74, 6) is -1.47. The molecule has 0 saturated carbocycles. The van der Waals surface area contributed by atoms with E-state index in [2.05, 4.69) is 20.7 Å². The summed E-state index contributed by atoms with van der Waals surface area (Å²) >= 11 is 0. The van der Waals surface area contributed by atoms with Gasteiger partial charge in [-0.15, -0.1) is 0 Å². The van der Waals surface area contributed by atoms with Crippen molar-refractivity contribution in [1.82, 2.24) is 34.1 Å². The molecule has 4 rings (SSSR count). The second kappa shape index (κ2) is 12.2. The molecule has 0 bridgehead atoms. The average Bonchev–Trinajstić information content (AvgIpc) is 3.58. The van der Waals surface area contributed by atoms with Gasteiger partial charge in [0.1, 0.15) is 22.1 Å². The van der Waals surface area contributed by atoms with E-state index in [1.54, 1.807) is 24.5 Å². The van der Waals surface area contributed by atoms with Crippen LogP contribution in [0.2, 0.25) is 0 Å². The standard InChI is InChI=1S/C27H32FN7O5S/c1-17(2)10-19(16-36)32-27(38)23-14-29-25-21(6-5-9-34(23)25)26(37)30-12-18-13-31-35(15-18)20-7-8-24(22(28)11-20)41(39,40)33(3)4/h5-9,11,13-15,17,19,36H,10,12,16H2,1-4H3,(H,30,37)(H,32,38)/t19-/m0/s1. The van der Waals surface area contributed by atoms with Gasteiger partial charge < -0.3 is 15.7 Å². The van der Waals surface area contributed by atoms with Crippen LogP contribution in [0.1, 0.15) is 46.7 Å². The minimum Gasteiger partial charge on any atom is -0.394 e. The molecular formula is C27H32FN7O5S. The Hall–Kier alpha value is -4.14. The van der Waals surface area contributed by atoms with Crippen LogP contribution in [0.4, 0.5) is 4.39 Å². The molecule has 0 saturated heterocycles. The molecule has 0 aliphatic rings. The monoisotopic (exact) mass is 585 g/mol. The maximum atomic E-state index is 14.6. The number of hydrogen-bond acceptors (Lipinski definition) is 7. The van der Waals surface area contributed by atoms with Gasteiger partial charge in [-0.1, -0.05) is 13.8 Å². The van der Waals surface area contributed by atoms with Crippen molar-refractivity contribution in [2.75, 3.05) is 20.7 Å². The molecular weight excluding hydrogens is 553 g/mol. The number of amides is 2. The van der Waals surface area contributed by atoms with Gasteiger partial charge in [-0.05, 0) is 36.6 Å². The Balaban J connectivity index is 1.46. The number of nitrogens with one attached hydrogen (secondary N) is 2. The fourth-order valence-corrected chi connectivity index (χ4v) is 5.21. The molecule has 12 nitrogen and oxygen atoms in total. The molecule has 1 aromatic carbocycles. The van der Waals surface area contributed by atoms with Gasteiger partial charge in [-0.3, -0.25) is 14.0 Å². The molecule has 3 heterocycles. The number of sulfonamides is 1.